The third-order valence-electron chi connectivity index (χ3n) is 3.16. The number of quaternary nitrogens is 1. The topological polar surface area (TPSA) is 40.5 Å². The SMILES string of the molecule is CCC=CC[N+]1(CC)CC(O)C(O)C1. The molecule has 0 aromatic heterocycles. The molecule has 2 atom stereocenters. The molecule has 2 unspecified atom stereocenters. The van der Waals surface area contributed by atoms with E-state index in [9.17, 15) is 10.2 Å². The standard InChI is InChI=1S/C11H22NO2/c1-3-5-6-7-12(4-2)8-10(13)11(14)9-12/h5-6,10-11,13-14H,3-4,7-9H2,1-2H3/q+1. The Morgan fingerprint density at radius 3 is 2.14 bits per heavy atom. The molecule has 3 heteroatoms. The number of aliphatic hydroxyl groups is 2. The summed E-state index contributed by atoms with van der Waals surface area (Å²) in [6, 6.07) is 0. The maximum Gasteiger partial charge on any atom is 0.134 e. The highest BCUT2D eigenvalue weighted by Gasteiger charge is 2.41. The highest BCUT2D eigenvalue weighted by Crippen LogP contribution is 2.20. The first-order valence-electron chi connectivity index (χ1n) is 5.50. The van der Waals surface area contributed by atoms with Crippen molar-refractivity contribution in [3.05, 3.63) is 12.2 Å². The molecule has 0 bridgehead atoms. The third-order valence-corrected chi connectivity index (χ3v) is 3.16. The lowest BCUT2D eigenvalue weighted by Crippen LogP contribution is -2.46. The monoisotopic (exact) mass is 200 g/mol. The normalized spacial score (nSPS) is 38.3. The fourth-order valence-electron chi connectivity index (χ4n) is 2.11. The molecule has 0 aromatic rings. The molecule has 0 saturated carbocycles. The van der Waals surface area contributed by atoms with Crippen LogP contribution in [-0.4, -0.2) is 53.1 Å². The van der Waals surface area contributed by atoms with Gasteiger partial charge in [0.05, 0.1) is 13.1 Å². The van der Waals surface area contributed by atoms with Gasteiger partial charge in [-0.2, -0.15) is 0 Å². The van der Waals surface area contributed by atoms with Gasteiger partial charge in [-0.1, -0.05) is 13.0 Å². The van der Waals surface area contributed by atoms with Crippen molar-refractivity contribution in [2.75, 3.05) is 26.2 Å². The molecule has 14 heavy (non-hydrogen) atoms. The summed E-state index contributed by atoms with van der Waals surface area (Å²) in [4.78, 5) is 0. The van der Waals surface area contributed by atoms with E-state index in [0.717, 1.165) is 24.0 Å². The average molecular weight is 200 g/mol. The number of nitrogens with zero attached hydrogens (tertiary/aromatic N) is 1. The van der Waals surface area contributed by atoms with Gasteiger partial charge in [0.2, 0.25) is 0 Å². The van der Waals surface area contributed by atoms with Crippen molar-refractivity contribution < 1.29 is 14.7 Å². The first-order valence-corrected chi connectivity index (χ1v) is 5.50. The van der Waals surface area contributed by atoms with Crippen molar-refractivity contribution in [2.45, 2.75) is 32.5 Å². The average Bonchev–Trinajstić information content (AvgIpc) is 2.44. The molecule has 82 valence electrons. The van der Waals surface area contributed by atoms with Crippen molar-refractivity contribution in [3.63, 3.8) is 0 Å². The van der Waals surface area contributed by atoms with E-state index in [-0.39, 0.29) is 0 Å². The third kappa shape index (κ3) is 2.56. The first-order chi connectivity index (χ1) is 6.63. The number of likely N-dealkylation sites (tertiary alicyclic amines) is 1. The molecule has 1 fully saturated rings. The highest BCUT2D eigenvalue weighted by molar-refractivity contribution is 4.83. The van der Waals surface area contributed by atoms with Crippen molar-refractivity contribution >= 4 is 0 Å². The lowest BCUT2D eigenvalue weighted by molar-refractivity contribution is -0.911. The molecule has 3 nitrogen and oxygen atoms in total. The van der Waals surface area contributed by atoms with Crippen molar-refractivity contribution in [1.82, 2.24) is 0 Å². The maximum absolute atomic E-state index is 9.53. The minimum atomic E-state index is -0.537. The van der Waals surface area contributed by atoms with Crippen LogP contribution < -0.4 is 0 Å². The Bertz CT molecular complexity index is 193. The van der Waals surface area contributed by atoms with Crippen LogP contribution in [0, 0.1) is 0 Å². The summed E-state index contributed by atoms with van der Waals surface area (Å²) in [5.41, 5.74) is 0. The van der Waals surface area contributed by atoms with E-state index in [0.29, 0.717) is 13.1 Å². The molecular formula is C11H22NO2+. The van der Waals surface area contributed by atoms with Gasteiger partial charge in [0, 0.05) is 0 Å². The van der Waals surface area contributed by atoms with E-state index in [4.69, 9.17) is 0 Å². The molecule has 1 rings (SSSR count). The summed E-state index contributed by atoms with van der Waals surface area (Å²) in [5, 5.41) is 19.1. The second kappa shape index (κ2) is 4.91. The Balaban J connectivity index is 2.55. The van der Waals surface area contributed by atoms with E-state index in [2.05, 4.69) is 26.0 Å². The summed E-state index contributed by atoms with van der Waals surface area (Å²) in [7, 11) is 0. The Labute approximate surface area is 86.3 Å². The van der Waals surface area contributed by atoms with Crippen LogP contribution in [0.25, 0.3) is 0 Å². The summed E-state index contributed by atoms with van der Waals surface area (Å²) in [6.45, 7) is 7.50. The summed E-state index contributed by atoms with van der Waals surface area (Å²) < 4.78 is 0.818. The summed E-state index contributed by atoms with van der Waals surface area (Å²) >= 11 is 0. The predicted molar refractivity (Wildman–Crippen MR) is 56.8 cm³/mol. The molecule has 0 radical (unpaired) electrons. The van der Waals surface area contributed by atoms with Crippen molar-refractivity contribution in [3.8, 4) is 0 Å². The van der Waals surface area contributed by atoms with Gasteiger partial charge in [0.25, 0.3) is 0 Å². The van der Waals surface area contributed by atoms with Crippen LogP contribution in [0.4, 0.5) is 0 Å². The number of allylic oxidation sites excluding steroid dienone is 1. The summed E-state index contributed by atoms with van der Waals surface area (Å²) in [5.74, 6) is 0. The van der Waals surface area contributed by atoms with Crippen LogP contribution in [0.2, 0.25) is 0 Å². The maximum atomic E-state index is 9.53. The lowest BCUT2D eigenvalue weighted by atomic mass is 10.3. The fraction of sp³-hybridized carbons (Fsp3) is 0.818. The predicted octanol–water partition coefficient (Wildman–Crippen LogP) is 0.525. The Hall–Kier alpha value is -0.380. The molecule has 0 aliphatic carbocycles. The van der Waals surface area contributed by atoms with Gasteiger partial charge in [0.1, 0.15) is 25.3 Å². The molecule has 2 N–H and O–H groups in total. The van der Waals surface area contributed by atoms with Gasteiger partial charge in [0.15, 0.2) is 0 Å². The number of rotatable bonds is 4. The molecule has 1 heterocycles. The lowest BCUT2D eigenvalue weighted by Gasteiger charge is -2.31. The molecule has 0 spiro atoms. The zero-order chi connectivity index (χ0) is 10.6. The van der Waals surface area contributed by atoms with Crippen molar-refractivity contribution in [2.24, 2.45) is 0 Å². The highest BCUT2D eigenvalue weighted by atomic mass is 16.3. The van der Waals surface area contributed by atoms with E-state index in [1.807, 2.05) is 0 Å². The molecule has 0 aromatic carbocycles. The van der Waals surface area contributed by atoms with Crippen LogP contribution in [0.15, 0.2) is 12.2 Å². The van der Waals surface area contributed by atoms with Gasteiger partial charge in [-0.3, -0.25) is 0 Å². The first kappa shape index (κ1) is 11.7. The van der Waals surface area contributed by atoms with Crippen LogP contribution >= 0.6 is 0 Å². The number of aliphatic hydroxyl groups excluding tert-OH is 2. The van der Waals surface area contributed by atoms with Gasteiger partial charge in [-0.15, -0.1) is 0 Å². The van der Waals surface area contributed by atoms with Crippen LogP contribution in [-0.2, 0) is 0 Å². The summed E-state index contributed by atoms with van der Waals surface area (Å²) in [6.07, 6.45) is 4.28. The van der Waals surface area contributed by atoms with Gasteiger partial charge in [-0.05, 0) is 19.4 Å². The quantitative estimate of drug-likeness (QED) is 0.513. The number of hydrogen-bond donors (Lipinski definition) is 2. The van der Waals surface area contributed by atoms with Gasteiger partial charge < -0.3 is 14.7 Å². The minimum Gasteiger partial charge on any atom is -0.384 e. The molecular weight excluding hydrogens is 178 g/mol. The Morgan fingerprint density at radius 2 is 1.71 bits per heavy atom. The van der Waals surface area contributed by atoms with E-state index in [1.54, 1.807) is 0 Å². The zero-order valence-electron chi connectivity index (χ0n) is 9.19. The fourth-order valence-corrected chi connectivity index (χ4v) is 2.11. The van der Waals surface area contributed by atoms with E-state index >= 15 is 0 Å². The molecule has 1 aliphatic rings. The van der Waals surface area contributed by atoms with Crippen LogP contribution in [0.1, 0.15) is 20.3 Å². The van der Waals surface area contributed by atoms with E-state index in [1.165, 1.54) is 0 Å². The largest absolute Gasteiger partial charge is 0.384 e. The van der Waals surface area contributed by atoms with Crippen LogP contribution in [0.3, 0.4) is 0 Å². The second-order valence-corrected chi connectivity index (χ2v) is 4.22. The molecule has 0 amide bonds. The Morgan fingerprint density at radius 1 is 1.14 bits per heavy atom. The van der Waals surface area contributed by atoms with Crippen LogP contribution in [0.5, 0.6) is 0 Å². The number of hydrogen-bond acceptors (Lipinski definition) is 2. The van der Waals surface area contributed by atoms with E-state index < -0.39 is 12.2 Å². The van der Waals surface area contributed by atoms with Gasteiger partial charge in [-0.25, -0.2) is 0 Å². The smallest absolute Gasteiger partial charge is 0.134 e. The Kier molecular flexibility index (Phi) is 4.11. The van der Waals surface area contributed by atoms with Gasteiger partial charge >= 0.3 is 0 Å². The molecule has 1 saturated heterocycles. The molecule has 1 aliphatic heterocycles. The van der Waals surface area contributed by atoms with Crippen molar-refractivity contribution in [1.29, 1.82) is 0 Å². The number of likely N-dealkylation sites (N-methyl/N-ethyl adjacent to an activating group) is 1. The zero-order valence-corrected chi connectivity index (χ0v) is 9.19. The second-order valence-electron chi connectivity index (χ2n) is 4.22. The minimum absolute atomic E-state index is 0.537.